The molecule has 0 aliphatic heterocycles. The molecule has 0 aromatic heterocycles. The minimum Gasteiger partial charge on any atom is -0.480 e. The summed E-state index contributed by atoms with van der Waals surface area (Å²) in [6.45, 7) is 7.03. The van der Waals surface area contributed by atoms with Crippen LogP contribution in [0.15, 0.2) is 0 Å². The first kappa shape index (κ1) is 11.9. The Morgan fingerprint density at radius 1 is 1.38 bits per heavy atom. The topological polar surface area (TPSA) is 66.4 Å². The lowest BCUT2D eigenvalue weighted by atomic mass is 9.87. The maximum Gasteiger partial charge on any atom is 0.326 e. The Morgan fingerprint density at radius 2 is 1.85 bits per heavy atom. The molecule has 13 heavy (non-hydrogen) atoms. The van der Waals surface area contributed by atoms with Crippen LogP contribution in [0.1, 0.15) is 34.1 Å². The molecule has 4 nitrogen and oxygen atoms in total. The summed E-state index contributed by atoms with van der Waals surface area (Å²) in [5.41, 5.74) is -0.462. The summed E-state index contributed by atoms with van der Waals surface area (Å²) in [5.74, 6) is -1.23. The van der Waals surface area contributed by atoms with Crippen LogP contribution in [0.3, 0.4) is 0 Å². The lowest BCUT2D eigenvalue weighted by Crippen LogP contribution is -2.48. The molecule has 0 saturated heterocycles. The first-order valence-electron chi connectivity index (χ1n) is 4.31. The first-order valence-corrected chi connectivity index (χ1v) is 4.31. The Kier molecular flexibility index (Phi) is 3.91. The number of carboxylic acids is 1. The van der Waals surface area contributed by atoms with Gasteiger partial charge in [0.15, 0.2) is 0 Å². The molecular weight excluding hydrogens is 170 g/mol. The second-order valence-corrected chi connectivity index (χ2v) is 4.06. The number of carbonyl (C=O) groups is 2. The van der Waals surface area contributed by atoms with Gasteiger partial charge in [-0.05, 0) is 5.41 Å². The van der Waals surface area contributed by atoms with Gasteiger partial charge >= 0.3 is 5.97 Å². The quantitative estimate of drug-likeness (QED) is 0.693. The van der Waals surface area contributed by atoms with Crippen LogP contribution in [0.5, 0.6) is 0 Å². The van der Waals surface area contributed by atoms with E-state index in [1.807, 2.05) is 0 Å². The Labute approximate surface area is 78.3 Å². The molecule has 0 aromatic carbocycles. The van der Waals surface area contributed by atoms with Crippen LogP contribution in [0, 0.1) is 5.41 Å². The summed E-state index contributed by atoms with van der Waals surface area (Å²) < 4.78 is 0. The van der Waals surface area contributed by atoms with Crippen molar-refractivity contribution in [3.05, 3.63) is 0 Å². The molecule has 0 bridgehead atoms. The Bertz CT molecular complexity index is 205. The molecule has 0 rings (SSSR count). The van der Waals surface area contributed by atoms with Gasteiger partial charge < -0.3 is 10.4 Å². The minimum atomic E-state index is -0.991. The molecule has 0 heterocycles. The fraction of sp³-hybridized carbons (Fsp3) is 0.778. The Hall–Kier alpha value is -1.06. The monoisotopic (exact) mass is 187 g/mol. The number of amides is 1. The van der Waals surface area contributed by atoms with Gasteiger partial charge in [-0.3, -0.25) is 4.79 Å². The molecule has 0 spiro atoms. The van der Waals surface area contributed by atoms with Crippen molar-refractivity contribution in [3.8, 4) is 0 Å². The first-order chi connectivity index (χ1) is 5.79. The molecule has 76 valence electrons. The van der Waals surface area contributed by atoms with Gasteiger partial charge in [-0.15, -0.1) is 0 Å². The number of aliphatic carboxylic acids is 1. The largest absolute Gasteiger partial charge is 0.480 e. The number of nitrogens with one attached hydrogen (secondary N) is 1. The maximum atomic E-state index is 11.0. The third kappa shape index (κ3) is 3.92. The lowest BCUT2D eigenvalue weighted by Gasteiger charge is -2.27. The van der Waals surface area contributed by atoms with E-state index < -0.39 is 17.4 Å². The van der Waals surface area contributed by atoms with E-state index in [-0.39, 0.29) is 5.91 Å². The van der Waals surface area contributed by atoms with Gasteiger partial charge in [0, 0.05) is 6.42 Å². The van der Waals surface area contributed by atoms with Gasteiger partial charge in [0.25, 0.3) is 0 Å². The highest BCUT2D eigenvalue weighted by molar-refractivity contribution is 5.83. The fourth-order valence-corrected chi connectivity index (χ4v) is 0.912. The molecule has 4 heteroatoms. The molecule has 0 fully saturated rings. The molecule has 1 amide bonds. The summed E-state index contributed by atoms with van der Waals surface area (Å²) in [4.78, 5) is 21.8. The normalized spacial score (nSPS) is 13.5. The predicted molar refractivity (Wildman–Crippen MR) is 49.3 cm³/mol. The third-order valence-electron chi connectivity index (χ3n) is 1.74. The minimum absolute atomic E-state index is 0.234. The maximum absolute atomic E-state index is 11.0. The average Bonchev–Trinajstić information content (AvgIpc) is 1.96. The molecule has 1 atom stereocenters. The van der Waals surface area contributed by atoms with E-state index in [2.05, 4.69) is 5.32 Å². The fourth-order valence-electron chi connectivity index (χ4n) is 0.912. The van der Waals surface area contributed by atoms with E-state index in [1.54, 1.807) is 27.7 Å². The van der Waals surface area contributed by atoms with Crippen molar-refractivity contribution in [3.63, 3.8) is 0 Å². The average molecular weight is 187 g/mol. The molecule has 0 saturated carbocycles. The molecule has 0 aromatic rings. The van der Waals surface area contributed by atoms with E-state index in [0.717, 1.165) is 0 Å². The summed E-state index contributed by atoms with van der Waals surface area (Å²) in [6, 6.07) is -0.819. The lowest BCUT2D eigenvalue weighted by molar-refractivity contribution is -0.144. The van der Waals surface area contributed by atoms with Crippen molar-refractivity contribution in [2.75, 3.05) is 0 Å². The van der Waals surface area contributed by atoms with Crippen molar-refractivity contribution in [2.45, 2.75) is 40.2 Å². The number of carbonyl (C=O) groups excluding carboxylic acids is 1. The molecule has 0 unspecified atom stereocenters. The Morgan fingerprint density at radius 3 is 2.08 bits per heavy atom. The number of carboxylic acid groups (broad SMARTS) is 1. The zero-order valence-electron chi connectivity index (χ0n) is 8.55. The van der Waals surface area contributed by atoms with Crippen LogP contribution in [-0.4, -0.2) is 23.0 Å². The zero-order chi connectivity index (χ0) is 10.6. The van der Waals surface area contributed by atoms with E-state index in [0.29, 0.717) is 6.42 Å². The highest BCUT2D eigenvalue weighted by Gasteiger charge is 2.31. The van der Waals surface area contributed by atoms with Crippen molar-refractivity contribution >= 4 is 11.9 Å². The van der Waals surface area contributed by atoms with Gasteiger partial charge in [0.05, 0.1) is 0 Å². The van der Waals surface area contributed by atoms with Gasteiger partial charge in [0.2, 0.25) is 5.91 Å². The van der Waals surface area contributed by atoms with E-state index >= 15 is 0 Å². The van der Waals surface area contributed by atoms with Crippen LogP contribution in [0.25, 0.3) is 0 Å². The van der Waals surface area contributed by atoms with Crippen LogP contribution in [0.2, 0.25) is 0 Å². The van der Waals surface area contributed by atoms with Crippen molar-refractivity contribution < 1.29 is 14.7 Å². The summed E-state index contributed by atoms with van der Waals surface area (Å²) in [7, 11) is 0. The van der Waals surface area contributed by atoms with Gasteiger partial charge in [0.1, 0.15) is 6.04 Å². The number of hydrogen-bond acceptors (Lipinski definition) is 2. The molecule has 0 aliphatic carbocycles. The summed E-state index contributed by atoms with van der Waals surface area (Å²) in [6.07, 6.45) is 0.305. The highest BCUT2D eigenvalue weighted by atomic mass is 16.4. The van der Waals surface area contributed by atoms with Crippen LogP contribution in [0.4, 0.5) is 0 Å². The van der Waals surface area contributed by atoms with Gasteiger partial charge in [-0.1, -0.05) is 27.7 Å². The number of hydrogen-bond donors (Lipinski definition) is 2. The Balaban J connectivity index is 4.46. The van der Waals surface area contributed by atoms with Gasteiger partial charge in [-0.25, -0.2) is 4.79 Å². The highest BCUT2D eigenvalue weighted by Crippen LogP contribution is 2.19. The SMILES string of the molecule is CCC(=O)N[C@@H](C(=O)O)C(C)(C)C. The molecule has 0 radical (unpaired) electrons. The number of rotatable bonds is 3. The second-order valence-electron chi connectivity index (χ2n) is 4.06. The molecule has 2 N–H and O–H groups in total. The smallest absolute Gasteiger partial charge is 0.326 e. The van der Waals surface area contributed by atoms with E-state index in [9.17, 15) is 9.59 Å². The second kappa shape index (κ2) is 4.25. The molecule has 0 aliphatic rings. The zero-order valence-corrected chi connectivity index (χ0v) is 8.55. The molecular formula is C9H17NO3. The van der Waals surface area contributed by atoms with Crippen LogP contribution in [-0.2, 0) is 9.59 Å². The standard InChI is InChI=1S/C9H17NO3/c1-5-6(11)10-7(8(12)13)9(2,3)4/h7H,5H2,1-4H3,(H,10,11)(H,12,13)/t7-/m0/s1. The summed E-state index contributed by atoms with van der Waals surface area (Å²) >= 11 is 0. The van der Waals surface area contributed by atoms with E-state index in [4.69, 9.17) is 5.11 Å². The predicted octanol–water partition coefficient (Wildman–Crippen LogP) is 1.01. The van der Waals surface area contributed by atoms with Crippen molar-refractivity contribution in [2.24, 2.45) is 5.41 Å². The third-order valence-corrected chi connectivity index (χ3v) is 1.74. The van der Waals surface area contributed by atoms with Crippen molar-refractivity contribution in [1.82, 2.24) is 5.32 Å². The van der Waals surface area contributed by atoms with Crippen LogP contribution < -0.4 is 5.32 Å². The van der Waals surface area contributed by atoms with Crippen molar-refractivity contribution in [1.29, 1.82) is 0 Å². The van der Waals surface area contributed by atoms with Gasteiger partial charge in [-0.2, -0.15) is 0 Å². The van der Waals surface area contributed by atoms with Crippen LogP contribution >= 0.6 is 0 Å². The van der Waals surface area contributed by atoms with E-state index in [1.165, 1.54) is 0 Å². The summed E-state index contributed by atoms with van der Waals surface area (Å²) in [5, 5.41) is 11.3.